The number of esters is 1. The summed E-state index contributed by atoms with van der Waals surface area (Å²) in [6.45, 7) is 0.0126. The van der Waals surface area contributed by atoms with E-state index in [1.165, 1.54) is 23.3 Å². The van der Waals surface area contributed by atoms with Crippen molar-refractivity contribution in [1.82, 2.24) is 15.1 Å². The Labute approximate surface area is 152 Å². The lowest BCUT2D eigenvalue weighted by Gasteiger charge is -2.15. The van der Waals surface area contributed by atoms with Gasteiger partial charge in [0.25, 0.3) is 11.1 Å². The van der Waals surface area contributed by atoms with Gasteiger partial charge in [-0.2, -0.15) is 0 Å². The molecule has 136 valence electrons. The van der Waals surface area contributed by atoms with Crippen LogP contribution in [0.2, 0.25) is 0 Å². The molecule has 0 unspecified atom stereocenters. The van der Waals surface area contributed by atoms with E-state index >= 15 is 0 Å². The number of aliphatic hydroxyl groups excluding tert-OH is 1. The summed E-state index contributed by atoms with van der Waals surface area (Å²) >= 11 is 1.25. The van der Waals surface area contributed by atoms with Crippen molar-refractivity contribution < 1.29 is 24.2 Å². The van der Waals surface area contributed by atoms with Gasteiger partial charge in [-0.15, -0.1) is 5.10 Å². The Hall–Kier alpha value is -2.98. The van der Waals surface area contributed by atoms with Crippen molar-refractivity contribution in [1.29, 1.82) is 0 Å². The van der Waals surface area contributed by atoms with E-state index in [9.17, 15) is 9.59 Å². The molecule has 26 heavy (non-hydrogen) atoms. The zero-order chi connectivity index (χ0) is 18.5. The molecular weight excluding hydrogens is 360 g/mol. The number of carbonyl (C=O) groups is 2. The number of aromatic nitrogens is 2. The van der Waals surface area contributed by atoms with Crippen molar-refractivity contribution in [3.63, 3.8) is 0 Å². The highest BCUT2D eigenvalue weighted by molar-refractivity contribution is 7.11. The Morgan fingerprint density at radius 2 is 2.31 bits per heavy atom. The number of ether oxygens (including phenoxy) is 2. The molecule has 0 saturated heterocycles. The number of aliphatic hydroxyl groups is 1. The molecule has 0 atom stereocenters. The van der Waals surface area contributed by atoms with Gasteiger partial charge in [0.15, 0.2) is 0 Å². The number of carbonyl (C=O) groups excluding carboxylic acids is 2. The van der Waals surface area contributed by atoms with Crippen LogP contribution < -0.4 is 10.1 Å². The normalized spacial score (nSPS) is 13.9. The van der Waals surface area contributed by atoms with Crippen LogP contribution in [-0.4, -0.2) is 58.9 Å². The summed E-state index contributed by atoms with van der Waals surface area (Å²) in [5.41, 5.74) is 2.44. The average molecular weight is 376 g/mol. The van der Waals surface area contributed by atoms with Crippen molar-refractivity contribution in [2.24, 2.45) is 0 Å². The van der Waals surface area contributed by atoms with Crippen LogP contribution in [0.5, 0.6) is 10.9 Å². The first-order valence-electron chi connectivity index (χ1n) is 7.65. The summed E-state index contributed by atoms with van der Waals surface area (Å²) in [7, 11) is 1.25. The average Bonchev–Trinajstić information content (AvgIpc) is 3.25. The standard InChI is InChI=1S/C16H16N4O5S/c1-24-15(23)12-8-20(5-6-21)14(22)13(12)18-10-3-2-4-11(7-10)25-16-19-17-9-26-16/h2-4,7,9,18,21H,5-6,8H2,1H3. The molecule has 2 heterocycles. The smallest absolute Gasteiger partial charge is 0.337 e. The van der Waals surface area contributed by atoms with Crippen molar-refractivity contribution in [3.8, 4) is 10.9 Å². The quantitative estimate of drug-likeness (QED) is 0.688. The molecule has 1 amide bonds. The van der Waals surface area contributed by atoms with Crippen molar-refractivity contribution >= 4 is 28.9 Å². The molecule has 0 spiro atoms. The number of benzene rings is 1. The Morgan fingerprint density at radius 1 is 1.46 bits per heavy atom. The summed E-state index contributed by atoms with van der Waals surface area (Å²) < 4.78 is 10.3. The highest BCUT2D eigenvalue weighted by Crippen LogP contribution is 2.27. The topological polar surface area (TPSA) is 114 Å². The van der Waals surface area contributed by atoms with Crippen LogP contribution in [0.25, 0.3) is 0 Å². The van der Waals surface area contributed by atoms with E-state index in [-0.39, 0.29) is 36.9 Å². The minimum absolute atomic E-state index is 0.0787. The molecule has 1 aromatic carbocycles. The Bertz CT molecular complexity index is 837. The maximum atomic E-state index is 12.5. The maximum absolute atomic E-state index is 12.5. The third-order valence-corrected chi connectivity index (χ3v) is 4.17. The monoisotopic (exact) mass is 376 g/mol. The van der Waals surface area contributed by atoms with Crippen LogP contribution in [0, 0.1) is 0 Å². The number of nitrogens with one attached hydrogen (secondary N) is 1. The lowest BCUT2D eigenvalue weighted by atomic mass is 10.2. The molecule has 0 radical (unpaired) electrons. The Balaban J connectivity index is 1.83. The molecule has 1 aromatic heterocycles. The molecule has 0 fully saturated rings. The first-order valence-corrected chi connectivity index (χ1v) is 8.53. The predicted octanol–water partition coefficient (Wildman–Crippen LogP) is 1.00. The van der Waals surface area contributed by atoms with E-state index in [2.05, 4.69) is 15.5 Å². The number of β-amino-alcohol motifs (C(OH)–C–C–N with tert-alkyl or cyclic N) is 1. The third-order valence-electron chi connectivity index (χ3n) is 3.60. The molecule has 10 heteroatoms. The number of amides is 1. The van der Waals surface area contributed by atoms with Gasteiger partial charge in [0.05, 0.1) is 25.8 Å². The first kappa shape index (κ1) is 17.8. The third kappa shape index (κ3) is 3.81. The lowest BCUT2D eigenvalue weighted by Crippen LogP contribution is -2.31. The molecule has 0 bridgehead atoms. The van der Waals surface area contributed by atoms with E-state index in [4.69, 9.17) is 14.6 Å². The van der Waals surface area contributed by atoms with E-state index in [0.29, 0.717) is 16.6 Å². The lowest BCUT2D eigenvalue weighted by molar-refractivity contribution is -0.136. The number of rotatable bonds is 7. The zero-order valence-corrected chi connectivity index (χ0v) is 14.7. The largest absolute Gasteiger partial charge is 0.466 e. The molecule has 0 saturated carbocycles. The van der Waals surface area contributed by atoms with Gasteiger partial charge in [0, 0.05) is 18.3 Å². The summed E-state index contributed by atoms with van der Waals surface area (Å²) in [4.78, 5) is 25.9. The second-order valence-corrected chi connectivity index (χ2v) is 6.05. The van der Waals surface area contributed by atoms with Crippen LogP contribution in [0.4, 0.5) is 5.69 Å². The zero-order valence-electron chi connectivity index (χ0n) is 13.8. The van der Waals surface area contributed by atoms with Gasteiger partial charge in [-0.1, -0.05) is 22.5 Å². The van der Waals surface area contributed by atoms with Gasteiger partial charge >= 0.3 is 5.97 Å². The summed E-state index contributed by atoms with van der Waals surface area (Å²) in [5.74, 6) is -0.470. The van der Waals surface area contributed by atoms with Crippen LogP contribution >= 0.6 is 11.3 Å². The molecule has 3 rings (SSSR count). The minimum Gasteiger partial charge on any atom is -0.466 e. The summed E-state index contributed by atoms with van der Waals surface area (Å²) in [5, 5.41) is 19.9. The van der Waals surface area contributed by atoms with Crippen LogP contribution in [0.1, 0.15) is 0 Å². The number of nitrogens with zero attached hydrogens (tertiary/aromatic N) is 3. The van der Waals surface area contributed by atoms with E-state index in [0.717, 1.165) is 0 Å². The van der Waals surface area contributed by atoms with Gasteiger partial charge in [-0.25, -0.2) is 4.79 Å². The molecule has 1 aliphatic rings. The molecule has 2 aromatic rings. The first-order chi connectivity index (χ1) is 12.6. The second-order valence-electron chi connectivity index (χ2n) is 5.25. The van der Waals surface area contributed by atoms with Gasteiger partial charge in [0.2, 0.25) is 0 Å². The number of methoxy groups -OCH3 is 1. The summed E-state index contributed by atoms with van der Waals surface area (Å²) in [6, 6.07) is 6.88. The van der Waals surface area contributed by atoms with Gasteiger partial charge in [-0.3, -0.25) is 4.79 Å². The number of hydrogen-bond acceptors (Lipinski definition) is 9. The van der Waals surface area contributed by atoms with Crippen molar-refractivity contribution in [2.75, 3.05) is 32.1 Å². The SMILES string of the molecule is COC(=O)C1=C(Nc2cccc(Oc3nncs3)c2)C(=O)N(CCO)C1. The molecular formula is C16H16N4O5S. The van der Waals surface area contributed by atoms with Gasteiger partial charge in [0.1, 0.15) is 17.0 Å². The van der Waals surface area contributed by atoms with E-state index < -0.39 is 5.97 Å². The Kier molecular flexibility index (Phi) is 5.44. The Morgan fingerprint density at radius 3 is 3.00 bits per heavy atom. The molecule has 0 aliphatic carbocycles. The predicted molar refractivity (Wildman–Crippen MR) is 92.8 cm³/mol. The number of hydrogen-bond donors (Lipinski definition) is 2. The highest BCUT2D eigenvalue weighted by Gasteiger charge is 2.34. The van der Waals surface area contributed by atoms with Crippen LogP contribution in [0.15, 0.2) is 41.0 Å². The summed E-state index contributed by atoms with van der Waals surface area (Å²) in [6.07, 6.45) is 0. The van der Waals surface area contributed by atoms with Crippen molar-refractivity contribution in [2.45, 2.75) is 0 Å². The van der Waals surface area contributed by atoms with Crippen LogP contribution in [0.3, 0.4) is 0 Å². The highest BCUT2D eigenvalue weighted by atomic mass is 32.1. The molecule has 2 N–H and O–H groups in total. The van der Waals surface area contributed by atoms with E-state index in [1.54, 1.807) is 29.8 Å². The molecule has 1 aliphatic heterocycles. The second kappa shape index (κ2) is 7.93. The fourth-order valence-corrected chi connectivity index (χ4v) is 2.86. The fraction of sp³-hybridized carbons (Fsp3) is 0.250. The minimum atomic E-state index is -0.595. The maximum Gasteiger partial charge on any atom is 0.337 e. The number of anilines is 1. The van der Waals surface area contributed by atoms with E-state index in [1.807, 2.05) is 0 Å². The van der Waals surface area contributed by atoms with Crippen molar-refractivity contribution in [3.05, 3.63) is 41.0 Å². The van der Waals surface area contributed by atoms with Crippen LogP contribution in [-0.2, 0) is 14.3 Å². The fourth-order valence-electron chi connectivity index (χ4n) is 2.44. The van der Waals surface area contributed by atoms with Gasteiger partial charge in [-0.05, 0) is 12.1 Å². The molecule has 9 nitrogen and oxygen atoms in total. The van der Waals surface area contributed by atoms with Gasteiger partial charge < -0.3 is 24.8 Å².